The van der Waals surface area contributed by atoms with E-state index in [1.165, 1.54) is 58.3 Å². The largest absolute Gasteiger partial charge is 0.383 e. The van der Waals surface area contributed by atoms with Crippen molar-refractivity contribution < 1.29 is 36.8 Å². The number of morpholine rings is 1. The van der Waals surface area contributed by atoms with Gasteiger partial charge >= 0.3 is 0 Å². The van der Waals surface area contributed by atoms with Gasteiger partial charge in [-0.15, -0.1) is 0 Å². The van der Waals surface area contributed by atoms with Crippen molar-refractivity contribution in [2.75, 3.05) is 192 Å². The number of rotatable bonds is 15. The summed E-state index contributed by atoms with van der Waals surface area (Å²) in [5.41, 5.74) is 0. The van der Waals surface area contributed by atoms with Gasteiger partial charge in [-0.25, -0.2) is 8.42 Å². The Morgan fingerprint density at radius 3 is 1.10 bits per heavy atom. The molecule has 0 aliphatic carbocycles. The second-order valence-corrected chi connectivity index (χ2v) is 15.0. The van der Waals surface area contributed by atoms with Gasteiger partial charge in [0.15, 0.2) is 9.84 Å². The van der Waals surface area contributed by atoms with Crippen molar-refractivity contribution in [3.8, 4) is 0 Å². The molecule has 0 aromatic carbocycles. The van der Waals surface area contributed by atoms with Gasteiger partial charge in [0.05, 0.1) is 57.8 Å². The van der Waals surface area contributed by atoms with Crippen molar-refractivity contribution in [3.05, 3.63) is 0 Å². The summed E-state index contributed by atoms with van der Waals surface area (Å²) in [5.74, 6) is 0.605. The molecule has 14 heteroatoms. The summed E-state index contributed by atoms with van der Waals surface area (Å²) < 4.78 is 51.9. The summed E-state index contributed by atoms with van der Waals surface area (Å²) in [6, 6.07) is 0. The van der Waals surface area contributed by atoms with E-state index in [2.05, 4.69) is 24.5 Å². The molecule has 0 atom stereocenters. The molecule has 318 valence electrons. The van der Waals surface area contributed by atoms with Crippen LogP contribution in [0.15, 0.2) is 0 Å². The van der Waals surface area contributed by atoms with Crippen LogP contribution in [0.2, 0.25) is 0 Å². The first-order valence-corrected chi connectivity index (χ1v) is 21.8. The zero-order valence-electron chi connectivity index (χ0n) is 36.0. The fourth-order valence-electron chi connectivity index (χ4n) is 5.14. The lowest BCUT2D eigenvalue weighted by atomic mass is 10.1. The van der Waals surface area contributed by atoms with Crippen LogP contribution >= 0.6 is 0 Å². The minimum atomic E-state index is -2.72. The summed E-state index contributed by atoms with van der Waals surface area (Å²) in [5, 5.41) is 0. The van der Waals surface area contributed by atoms with E-state index in [0.29, 0.717) is 31.2 Å². The number of ether oxygens (including phenoxy) is 6. The molecule has 0 aromatic heterocycles. The summed E-state index contributed by atoms with van der Waals surface area (Å²) in [6.07, 6.45) is 6.93. The molecule has 4 rings (SSSR count). The number of sulfone groups is 1. The molecule has 0 unspecified atom stereocenters. The van der Waals surface area contributed by atoms with Crippen molar-refractivity contribution >= 4 is 9.84 Å². The van der Waals surface area contributed by atoms with E-state index >= 15 is 0 Å². The zero-order valence-corrected chi connectivity index (χ0v) is 36.8. The van der Waals surface area contributed by atoms with Crippen LogP contribution in [0.5, 0.6) is 0 Å². The first kappa shape index (κ1) is 55.8. The fraction of sp³-hybridized carbons (Fsp3) is 1.00. The normalized spacial score (nSPS) is 19.0. The van der Waals surface area contributed by atoms with Gasteiger partial charge in [-0.05, 0) is 66.0 Å². The molecule has 13 nitrogen and oxygen atoms in total. The number of hydrogen-bond donors (Lipinski definition) is 0. The van der Waals surface area contributed by atoms with E-state index in [1.54, 1.807) is 35.5 Å². The van der Waals surface area contributed by atoms with Crippen LogP contribution in [-0.2, 0) is 38.3 Å². The van der Waals surface area contributed by atoms with Gasteiger partial charge in [0.1, 0.15) is 0 Å². The second kappa shape index (κ2) is 43.2. The van der Waals surface area contributed by atoms with Crippen molar-refractivity contribution in [2.45, 2.75) is 59.8 Å². The number of hydrogen-bond acceptors (Lipinski definition) is 13. The van der Waals surface area contributed by atoms with Crippen molar-refractivity contribution in [1.29, 1.82) is 0 Å². The van der Waals surface area contributed by atoms with E-state index in [9.17, 15) is 8.42 Å². The quantitative estimate of drug-likeness (QED) is 0.243. The Morgan fingerprint density at radius 2 is 0.788 bits per heavy atom. The lowest BCUT2D eigenvalue weighted by Gasteiger charge is -2.25. The van der Waals surface area contributed by atoms with Gasteiger partial charge in [-0.3, -0.25) is 9.80 Å². The van der Waals surface area contributed by atoms with Crippen LogP contribution in [-0.4, -0.2) is 225 Å². The predicted octanol–water partition coefficient (Wildman–Crippen LogP) is 3.42. The molecule has 52 heavy (non-hydrogen) atoms. The van der Waals surface area contributed by atoms with Crippen LogP contribution in [0, 0.1) is 0 Å². The van der Waals surface area contributed by atoms with E-state index in [0.717, 1.165) is 85.5 Å². The predicted molar refractivity (Wildman–Crippen MR) is 219 cm³/mol. The third-order valence-electron chi connectivity index (χ3n) is 8.38. The van der Waals surface area contributed by atoms with Crippen molar-refractivity contribution in [3.63, 3.8) is 0 Å². The standard InChI is InChI=1S/C8H17NO.C7H15NO3S.C7H15NO2.C7H15NO.C5H13NO.2C2H6/c1-10-8-7-9-5-3-2-4-6-9;1-11-5-2-8-3-6-12(9,10)7-4-8;1-9-5-2-8-3-6-10-7-4-8;1-9-7-6-8-4-2-3-5-8;1-6(2)4-5-7-3;2*1-2/h2-8H2,1H3;2-7H2,1H3;2-7H2,1H3;2-7H2,1H3;4-5H2,1-3H3;2*1-2H3. The van der Waals surface area contributed by atoms with Crippen molar-refractivity contribution in [2.24, 2.45) is 0 Å². The van der Waals surface area contributed by atoms with Crippen LogP contribution < -0.4 is 0 Å². The van der Waals surface area contributed by atoms with E-state index in [4.69, 9.17) is 28.4 Å². The smallest absolute Gasteiger partial charge is 0.152 e. The highest BCUT2D eigenvalue weighted by Gasteiger charge is 2.20. The highest BCUT2D eigenvalue weighted by atomic mass is 32.2. The topological polar surface area (TPSA) is 106 Å². The Labute approximate surface area is 322 Å². The van der Waals surface area contributed by atoms with E-state index in [1.807, 2.05) is 41.8 Å². The maximum absolute atomic E-state index is 11.0. The molecule has 0 spiro atoms. The fourth-order valence-corrected chi connectivity index (χ4v) is 6.42. The molecule has 0 saturated carbocycles. The highest BCUT2D eigenvalue weighted by Crippen LogP contribution is 2.07. The average molecular weight is 774 g/mol. The summed E-state index contributed by atoms with van der Waals surface area (Å²) >= 11 is 0. The maximum atomic E-state index is 11.0. The van der Waals surface area contributed by atoms with Gasteiger partial charge in [-0.1, -0.05) is 34.1 Å². The number of likely N-dealkylation sites (N-methyl/N-ethyl adjacent to an activating group) is 1. The molecule has 4 aliphatic rings. The van der Waals surface area contributed by atoms with Crippen LogP contribution in [0.25, 0.3) is 0 Å². The molecule has 4 heterocycles. The minimum Gasteiger partial charge on any atom is -0.383 e. The SMILES string of the molecule is CC.CC.COCCN(C)C.COCCN1CCCC1.COCCN1CCCCC1.COCCN1CCOCC1.COCCN1CCS(=O)(=O)CC1. The molecule has 4 saturated heterocycles. The third kappa shape index (κ3) is 39.2. The van der Waals surface area contributed by atoms with E-state index < -0.39 is 9.84 Å². The number of piperidine rings is 1. The van der Waals surface area contributed by atoms with Gasteiger partial charge < -0.3 is 43.1 Å². The summed E-state index contributed by atoms with van der Waals surface area (Å²) in [4.78, 5) is 11.5. The minimum absolute atomic E-state index is 0.302. The Bertz CT molecular complexity index is 733. The highest BCUT2D eigenvalue weighted by molar-refractivity contribution is 7.91. The second-order valence-electron chi connectivity index (χ2n) is 12.7. The van der Waals surface area contributed by atoms with Crippen molar-refractivity contribution in [1.82, 2.24) is 24.5 Å². The first-order valence-electron chi connectivity index (χ1n) is 20.0. The summed E-state index contributed by atoms with van der Waals surface area (Å²) in [7, 11) is 9.96. The zero-order chi connectivity index (χ0) is 39.7. The molecule has 0 N–H and O–H groups in total. The Hall–Kier alpha value is -0.490. The lowest BCUT2D eigenvalue weighted by Crippen LogP contribution is -2.41. The average Bonchev–Trinajstić information content (AvgIpc) is 3.71. The molecule has 0 aromatic rings. The maximum Gasteiger partial charge on any atom is 0.152 e. The van der Waals surface area contributed by atoms with Gasteiger partial charge in [0, 0.05) is 94.5 Å². The number of nitrogens with zero attached hydrogens (tertiary/aromatic N) is 5. The van der Waals surface area contributed by atoms with Crippen LogP contribution in [0.1, 0.15) is 59.8 Å². The van der Waals surface area contributed by atoms with Gasteiger partial charge in [-0.2, -0.15) is 0 Å². The molecule has 0 bridgehead atoms. The van der Waals surface area contributed by atoms with Gasteiger partial charge in [0.2, 0.25) is 0 Å². The molecule has 4 aliphatic heterocycles. The number of methoxy groups -OCH3 is 5. The number of likely N-dealkylation sites (tertiary alicyclic amines) is 2. The molecule has 0 radical (unpaired) electrons. The van der Waals surface area contributed by atoms with Gasteiger partial charge in [0.25, 0.3) is 0 Å². The van der Waals surface area contributed by atoms with Crippen LogP contribution in [0.3, 0.4) is 0 Å². The molecule has 4 fully saturated rings. The Kier molecular flexibility index (Phi) is 46.4. The molecular weight excluding hydrogens is 687 g/mol. The Balaban J connectivity index is -0.000000568. The lowest BCUT2D eigenvalue weighted by molar-refractivity contribution is 0.0263. The Morgan fingerprint density at radius 1 is 0.481 bits per heavy atom. The molecular formula is C38H87N5O8S. The van der Waals surface area contributed by atoms with E-state index in [-0.39, 0.29) is 0 Å². The van der Waals surface area contributed by atoms with Crippen LogP contribution in [0.4, 0.5) is 0 Å². The summed E-state index contributed by atoms with van der Waals surface area (Å²) in [6.45, 7) is 27.6. The molecule has 0 amide bonds. The third-order valence-corrected chi connectivity index (χ3v) is 9.99. The monoisotopic (exact) mass is 774 g/mol. The first-order chi connectivity index (χ1) is 25.2.